The SMILES string of the molecule is O=C(CCOC1CCOCC1)N(Cc1ccccn1)C1CCCNCC1. The minimum absolute atomic E-state index is 0.176. The van der Waals surface area contributed by atoms with Gasteiger partial charge in [0.25, 0.3) is 0 Å². The van der Waals surface area contributed by atoms with Crippen molar-refractivity contribution in [2.24, 2.45) is 0 Å². The maximum absolute atomic E-state index is 13.0. The zero-order valence-electron chi connectivity index (χ0n) is 15.6. The lowest BCUT2D eigenvalue weighted by Crippen LogP contribution is -2.41. The van der Waals surface area contributed by atoms with Crippen LogP contribution in [0.5, 0.6) is 0 Å². The van der Waals surface area contributed by atoms with Crippen LogP contribution in [-0.2, 0) is 20.8 Å². The lowest BCUT2D eigenvalue weighted by atomic mass is 10.1. The lowest BCUT2D eigenvalue weighted by Gasteiger charge is -2.31. The molecule has 144 valence electrons. The molecule has 0 radical (unpaired) electrons. The van der Waals surface area contributed by atoms with Crippen molar-refractivity contribution in [2.45, 2.75) is 57.2 Å². The largest absolute Gasteiger partial charge is 0.381 e. The van der Waals surface area contributed by atoms with Gasteiger partial charge in [0.15, 0.2) is 0 Å². The van der Waals surface area contributed by atoms with Crippen molar-refractivity contribution in [3.63, 3.8) is 0 Å². The van der Waals surface area contributed by atoms with E-state index in [0.717, 1.165) is 64.1 Å². The molecular weight excluding hydrogens is 330 g/mol. The average Bonchev–Trinajstić information content (AvgIpc) is 2.97. The Morgan fingerprint density at radius 3 is 2.92 bits per heavy atom. The van der Waals surface area contributed by atoms with Crippen LogP contribution in [0.4, 0.5) is 0 Å². The highest BCUT2D eigenvalue weighted by molar-refractivity contribution is 5.76. The normalized spacial score (nSPS) is 21.9. The molecule has 2 aliphatic heterocycles. The fourth-order valence-electron chi connectivity index (χ4n) is 3.70. The second-order valence-electron chi connectivity index (χ2n) is 7.11. The summed E-state index contributed by atoms with van der Waals surface area (Å²) >= 11 is 0. The number of rotatable bonds is 7. The van der Waals surface area contributed by atoms with Crippen molar-refractivity contribution in [2.75, 3.05) is 32.9 Å². The number of nitrogens with one attached hydrogen (secondary N) is 1. The average molecular weight is 361 g/mol. The first-order valence-corrected chi connectivity index (χ1v) is 9.92. The van der Waals surface area contributed by atoms with Crippen LogP contribution in [0.15, 0.2) is 24.4 Å². The van der Waals surface area contributed by atoms with Gasteiger partial charge in [0, 0.05) is 25.5 Å². The molecule has 2 saturated heterocycles. The number of hydrogen-bond donors (Lipinski definition) is 1. The van der Waals surface area contributed by atoms with Crippen molar-refractivity contribution in [3.8, 4) is 0 Å². The van der Waals surface area contributed by atoms with Crippen LogP contribution in [0.3, 0.4) is 0 Å². The Labute approximate surface area is 156 Å². The molecule has 2 aliphatic rings. The quantitative estimate of drug-likeness (QED) is 0.806. The predicted octanol–water partition coefficient (Wildman–Crippen LogP) is 2.14. The topological polar surface area (TPSA) is 63.7 Å². The third-order valence-corrected chi connectivity index (χ3v) is 5.20. The highest BCUT2D eigenvalue weighted by Crippen LogP contribution is 2.18. The van der Waals surface area contributed by atoms with Gasteiger partial charge in [-0.2, -0.15) is 0 Å². The van der Waals surface area contributed by atoms with Crippen LogP contribution < -0.4 is 5.32 Å². The van der Waals surface area contributed by atoms with Crippen LogP contribution >= 0.6 is 0 Å². The molecule has 0 aliphatic carbocycles. The first kappa shape index (κ1) is 19.3. The van der Waals surface area contributed by atoms with Crippen LogP contribution in [0.1, 0.15) is 44.2 Å². The minimum atomic E-state index is 0.176. The van der Waals surface area contributed by atoms with Gasteiger partial charge < -0.3 is 19.7 Å². The van der Waals surface area contributed by atoms with E-state index in [4.69, 9.17) is 9.47 Å². The molecule has 1 unspecified atom stereocenters. The van der Waals surface area contributed by atoms with Crippen molar-refractivity contribution in [3.05, 3.63) is 30.1 Å². The van der Waals surface area contributed by atoms with E-state index >= 15 is 0 Å². The third-order valence-electron chi connectivity index (χ3n) is 5.20. The maximum Gasteiger partial charge on any atom is 0.225 e. The molecule has 1 aromatic heterocycles. The van der Waals surface area contributed by atoms with Crippen molar-refractivity contribution in [1.29, 1.82) is 0 Å². The molecule has 0 aromatic carbocycles. The highest BCUT2D eigenvalue weighted by atomic mass is 16.5. The molecule has 3 rings (SSSR count). The second kappa shape index (κ2) is 10.6. The van der Waals surface area contributed by atoms with Gasteiger partial charge in [0.05, 0.1) is 31.4 Å². The molecule has 2 fully saturated rings. The number of carbonyl (C=O) groups excluding carboxylic acids is 1. The predicted molar refractivity (Wildman–Crippen MR) is 99.7 cm³/mol. The van der Waals surface area contributed by atoms with Gasteiger partial charge in [0.2, 0.25) is 5.91 Å². The van der Waals surface area contributed by atoms with E-state index in [2.05, 4.69) is 10.3 Å². The molecule has 26 heavy (non-hydrogen) atoms. The summed E-state index contributed by atoms with van der Waals surface area (Å²) in [7, 11) is 0. The number of hydrogen-bond acceptors (Lipinski definition) is 5. The first-order valence-electron chi connectivity index (χ1n) is 9.92. The Balaban J connectivity index is 1.56. The number of amides is 1. The summed E-state index contributed by atoms with van der Waals surface area (Å²) < 4.78 is 11.3. The van der Waals surface area contributed by atoms with E-state index in [0.29, 0.717) is 19.6 Å². The molecule has 6 heteroatoms. The van der Waals surface area contributed by atoms with Gasteiger partial charge in [-0.3, -0.25) is 9.78 Å². The van der Waals surface area contributed by atoms with Crippen LogP contribution in [0, 0.1) is 0 Å². The van der Waals surface area contributed by atoms with E-state index in [1.54, 1.807) is 6.20 Å². The van der Waals surface area contributed by atoms with E-state index in [1.807, 2.05) is 23.1 Å². The number of aromatic nitrogens is 1. The Hall–Kier alpha value is -1.50. The zero-order chi connectivity index (χ0) is 18.0. The molecule has 1 N–H and O–H groups in total. The smallest absolute Gasteiger partial charge is 0.225 e. The Morgan fingerprint density at radius 2 is 2.12 bits per heavy atom. The number of carbonyl (C=O) groups is 1. The number of ether oxygens (including phenoxy) is 2. The summed E-state index contributed by atoms with van der Waals surface area (Å²) in [5, 5.41) is 3.43. The molecule has 1 atom stereocenters. The summed E-state index contributed by atoms with van der Waals surface area (Å²) in [6.45, 7) is 4.61. The molecular formula is C20H31N3O3. The summed E-state index contributed by atoms with van der Waals surface area (Å²) in [5.41, 5.74) is 0.948. The summed E-state index contributed by atoms with van der Waals surface area (Å²) in [5.74, 6) is 0.176. The van der Waals surface area contributed by atoms with Gasteiger partial charge >= 0.3 is 0 Å². The third kappa shape index (κ3) is 6.04. The van der Waals surface area contributed by atoms with Gasteiger partial charge in [-0.1, -0.05) is 6.07 Å². The van der Waals surface area contributed by atoms with Crippen LogP contribution in [0.2, 0.25) is 0 Å². The lowest BCUT2D eigenvalue weighted by molar-refractivity contribution is -0.136. The minimum Gasteiger partial charge on any atom is -0.381 e. The highest BCUT2D eigenvalue weighted by Gasteiger charge is 2.25. The molecule has 6 nitrogen and oxygen atoms in total. The van der Waals surface area contributed by atoms with Gasteiger partial charge in [-0.25, -0.2) is 0 Å². The summed E-state index contributed by atoms with van der Waals surface area (Å²) in [6.07, 6.45) is 7.49. The fraction of sp³-hybridized carbons (Fsp3) is 0.700. The number of pyridine rings is 1. The van der Waals surface area contributed by atoms with Crippen LogP contribution in [0.25, 0.3) is 0 Å². The van der Waals surface area contributed by atoms with E-state index in [1.165, 1.54) is 0 Å². The Bertz CT molecular complexity index is 526. The fourth-order valence-corrected chi connectivity index (χ4v) is 3.70. The molecule has 3 heterocycles. The van der Waals surface area contributed by atoms with Crippen molar-refractivity contribution < 1.29 is 14.3 Å². The van der Waals surface area contributed by atoms with Gasteiger partial charge in [0.1, 0.15) is 0 Å². The molecule has 0 saturated carbocycles. The second-order valence-corrected chi connectivity index (χ2v) is 7.11. The first-order chi connectivity index (χ1) is 12.8. The summed E-state index contributed by atoms with van der Waals surface area (Å²) in [6, 6.07) is 6.16. The van der Waals surface area contributed by atoms with Gasteiger partial charge in [-0.05, 0) is 57.3 Å². The maximum atomic E-state index is 13.0. The van der Waals surface area contributed by atoms with E-state index in [-0.39, 0.29) is 18.1 Å². The Morgan fingerprint density at radius 1 is 1.23 bits per heavy atom. The monoisotopic (exact) mass is 361 g/mol. The Kier molecular flexibility index (Phi) is 7.86. The number of nitrogens with zero attached hydrogens (tertiary/aromatic N) is 2. The molecule has 0 spiro atoms. The molecule has 0 bridgehead atoms. The van der Waals surface area contributed by atoms with Crippen molar-refractivity contribution >= 4 is 5.91 Å². The summed E-state index contributed by atoms with van der Waals surface area (Å²) in [4.78, 5) is 19.4. The van der Waals surface area contributed by atoms with E-state index in [9.17, 15) is 4.79 Å². The molecule has 1 amide bonds. The van der Waals surface area contributed by atoms with Crippen molar-refractivity contribution in [1.82, 2.24) is 15.2 Å². The van der Waals surface area contributed by atoms with Crippen LogP contribution in [-0.4, -0.2) is 60.8 Å². The standard InChI is InChI=1S/C20H31N3O3/c24-20(9-15-26-19-7-13-25-14-8-19)23(16-17-4-1-2-11-22-17)18-5-3-10-21-12-6-18/h1-2,4,11,18-19,21H,3,5-10,12-16H2. The van der Waals surface area contributed by atoms with Gasteiger partial charge in [-0.15, -0.1) is 0 Å². The van der Waals surface area contributed by atoms with E-state index < -0.39 is 0 Å². The molecule has 1 aromatic rings. The zero-order valence-corrected chi connectivity index (χ0v) is 15.6.